The molecule has 0 fully saturated rings. The van der Waals surface area contributed by atoms with Crippen molar-refractivity contribution in [1.82, 2.24) is 0 Å². The molecule has 12 heavy (non-hydrogen) atoms. The first kappa shape index (κ1) is 12.0. The maximum Gasteiger partial charge on any atom is 0.107 e. The van der Waals surface area contributed by atoms with E-state index in [1.54, 1.807) is 13.8 Å². The molecule has 0 aliphatic rings. The lowest BCUT2D eigenvalue weighted by Crippen LogP contribution is -1.64. The molecule has 4 heteroatoms. The van der Waals surface area contributed by atoms with Crippen molar-refractivity contribution in [3.05, 3.63) is 22.5 Å². The second-order valence-electron chi connectivity index (χ2n) is 2.03. The van der Waals surface area contributed by atoms with Gasteiger partial charge >= 0.3 is 0 Å². The molecule has 0 nitrogen and oxygen atoms in total. The Kier molecular flexibility index (Phi) is 7.70. The highest BCUT2D eigenvalue weighted by molar-refractivity contribution is 8.78. The van der Waals surface area contributed by atoms with Crippen molar-refractivity contribution in [3.8, 4) is 0 Å². The van der Waals surface area contributed by atoms with Crippen molar-refractivity contribution in [2.24, 2.45) is 0 Å². The Morgan fingerprint density at radius 2 is 1.33 bits per heavy atom. The molecule has 0 amide bonds. The van der Waals surface area contributed by atoms with Crippen molar-refractivity contribution in [1.29, 1.82) is 0 Å². The minimum atomic E-state index is -0.169. The summed E-state index contributed by atoms with van der Waals surface area (Å²) in [5.74, 6) is -0.337. The van der Waals surface area contributed by atoms with Gasteiger partial charge < -0.3 is 0 Å². The fraction of sp³-hybridized carbons (Fsp3) is 0.500. The molecule has 0 saturated carbocycles. The third kappa shape index (κ3) is 6.73. The molecule has 0 saturated heterocycles. The minimum absolute atomic E-state index is 0.169. The van der Waals surface area contributed by atoms with Crippen molar-refractivity contribution in [3.63, 3.8) is 0 Å². The van der Waals surface area contributed by atoms with Crippen molar-refractivity contribution >= 4 is 21.6 Å². The molecule has 70 valence electrons. The average molecular weight is 210 g/mol. The normalized spacial score (nSPS) is 13.7. The average Bonchev–Trinajstić information content (AvgIpc) is 2.11. The first-order chi connectivity index (χ1) is 5.70. The molecule has 0 bridgehead atoms. The molecule has 0 aliphatic carbocycles. The summed E-state index contributed by atoms with van der Waals surface area (Å²) >= 11 is 0. The zero-order valence-electron chi connectivity index (χ0n) is 7.14. The van der Waals surface area contributed by atoms with E-state index in [1.807, 2.05) is 0 Å². The Bertz CT molecular complexity index is 156. The largest absolute Gasteiger partial charge is 0.211 e. The summed E-state index contributed by atoms with van der Waals surface area (Å²) in [7, 11) is 2.39. The first-order valence-corrected chi connectivity index (χ1v) is 5.99. The van der Waals surface area contributed by atoms with E-state index in [-0.39, 0.29) is 11.7 Å². The Labute approximate surface area is 79.9 Å². The Balaban J connectivity index is 3.57. The Hall–Kier alpha value is 0.0400. The van der Waals surface area contributed by atoms with E-state index in [1.165, 1.54) is 32.4 Å². The summed E-state index contributed by atoms with van der Waals surface area (Å²) in [5.41, 5.74) is 0. The van der Waals surface area contributed by atoms with Crippen LogP contribution in [-0.2, 0) is 0 Å². The van der Waals surface area contributed by atoms with Crippen LogP contribution in [0.5, 0.6) is 0 Å². The van der Waals surface area contributed by atoms with Gasteiger partial charge in [0, 0.05) is 10.8 Å². The quantitative estimate of drug-likeness (QED) is 0.472. The van der Waals surface area contributed by atoms with Crippen LogP contribution in [0, 0.1) is 0 Å². The molecule has 0 aromatic carbocycles. The highest BCUT2D eigenvalue weighted by Crippen LogP contribution is 2.28. The molecule has 0 N–H and O–H groups in total. The highest BCUT2D eigenvalue weighted by atomic mass is 33.1. The summed E-state index contributed by atoms with van der Waals surface area (Å²) in [6, 6.07) is 0. The molecule has 0 heterocycles. The molecule has 0 atom stereocenters. The molecule has 0 aromatic rings. The predicted molar refractivity (Wildman–Crippen MR) is 54.1 cm³/mol. The fourth-order valence-electron chi connectivity index (χ4n) is 0.327. The number of halogens is 2. The van der Waals surface area contributed by atoms with Crippen LogP contribution in [0.2, 0.25) is 0 Å². The zero-order valence-corrected chi connectivity index (χ0v) is 8.77. The molecular formula is C8H12F2S2. The summed E-state index contributed by atoms with van der Waals surface area (Å²) in [5, 5.41) is 2.79. The van der Waals surface area contributed by atoms with Crippen molar-refractivity contribution < 1.29 is 8.78 Å². The fourth-order valence-corrected chi connectivity index (χ4v) is 1.94. The number of rotatable bonds is 5. The van der Waals surface area contributed by atoms with E-state index >= 15 is 0 Å². The van der Waals surface area contributed by atoms with Crippen LogP contribution in [0.3, 0.4) is 0 Å². The second-order valence-corrected chi connectivity index (χ2v) is 4.04. The van der Waals surface area contributed by atoms with Crippen LogP contribution in [0.4, 0.5) is 8.78 Å². The monoisotopic (exact) mass is 210 g/mol. The van der Waals surface area contributed by atoms with E-state index in [0.29, 0.717) is 12.8 Å². The summed E-state index contributed by atoms with van der Waals surface area (Å²) in [6.45, 7) is 3.47. The van der Waals surface area contributed by atoms with Gasteiger partial charge in [-0.25, -0.2) is 8.78 Å². The van der Waals surface area contributed by atoms with E-state index in [0.717, 1.165) is 0 Å². The summed E-state index contributed by atoms with van der Waals surface area (Å²) < 4.78 is 24.9. The van der Waals surface area contributed by atoms with Gasteiger partial charge in [0.2, 0.25) is 0 Å². The molecule has 0 aliphatic heterocycles. The van der Waals surface area contributed by atoms with Gasteiger partial charge in [-0.2, -0.15) is 0 Å². The first-order valence-electron chi connectivity index (χ1n) is 3.71. The van der Waals surface area contributed by atoms with Gasteiger partial charge in [-0.05, 0) is 12.8 Å². The van der Waals surface area contributed by atoms with Gasteiger partial charge in [-0.15, -0.1) is 0 Å². The van der Waals surface area contributed by atoms with E-state index in [4.69, 9.17) is 0 Å². The maximum atomic E-state index is 12.5. The third-order valence-electron chi connectivity index (χ3n) is 1.08. The predicted octanol–water partition coefficient (Wildman–Crippen LogP) is 4.81. The molecule has 0 radical (unpaired) electrons. The smallest absolute Gasteiger partial charge is 0.107 e. The Morgan fingerprint density at radius 1 is 1.00 bits per heavy atom. The molecule has 0 spiro atoms. The minimum Gasteiger partial charge on any atom is -0.211 e. The zero-order chi connectivity index (χ0) is 9.40. The topological polar surface area (TPSA) is 0 Å². The van der Waals surface area contributed by atoms with Gasteiger partial charge in [0.15, 0.2) is 0 Å². The number of hydrogen-bond donors (Lipinski definition) is 0. The van der Waals surface area contributed by atoms with Crippen LogP contribution in [-0.4, -0.2) is 0 Å². The third-order valence-corrected chi connectivity index (χ3v) is 2.81. The molecular weight excluding hydrogens is 198 g/mol. The van der Waals surface area contributed by atoms with E-state index < -0.39 is 0 Å². The lowest BCUT2D eigenvalue weighted by atomic mass is 10.5. The Morgan fingerprint density at radius 3 is 1.58 bits per heavy atom. The number of allylic oxidation sites excluding steroid dienone is 2. The lowest BCUT2D eigenvalue weighted by Gasteiger charge is -1.90. The van der Waals surface area contributed by atoms with Crippen LogP contribution in [0.15, 0.2) is 22.5 Å². The second kappa shape index (κ2) is 7.68. The summed E-state index contributed by atoms with van der Waals surface area (Å²) in [4.78, 5) is 0. The SMILES string of the molecule is CCC(F)=CSSC=C(F)CC. The number of hydrogen-bond acceptors (Lipinski definition) is 2. The van der Waals surface area contributed by atoms with Gasteiger partial charge in [0.1, 0.15) is 11.7 Å². The van der Waals surface area contributed by atoms with Crippen LogP contribution < -0.4 is 0 Å². The van der Waals surface area contributed by atoms with E-state index in [2.05, 4.69) is 0 Å². The van der Waals surface area contributed by atoms with Gasteiger partial charge in [-0.1, -0.05) is 35.4 Å². The van der Waals surface area contributed by atoms with Gasteiger partial charge in [-0.3, -0.25) is 0 Å². The van der Waals surface area contributed by atoms with Crippen LogP contribution in [0.25, 0.3) is 0 Å². The van der Waals surface area contributed by atoms with Crippen molar-refractivity contribution in [2.45, 2.75) is 26.7 Å². The molecule has 0 aromatic heterocycles. The summed E-state index contributed by atoms with van der Waals surface area (Å²) in [6.07, 6.45) is 0.793. The molecule has 0 unspecified atom stereocenters. The van der Waals surface area contributed by atoms with Crippen LogP contribution >= 0.6 is 21.6 Å². The lowest BCUT2D eigenvalue weighted by molar-refractivity contribution is 0.607. The highest BCUT2D eigenvalue weighted by Gasteiger charge is 1.91. The standard InChI is InChI=1S/C8H12F2S2/c1-3-7(9)5-11-12-6-8(10)4-2/h5-6H,3-4H2,1-2H3. The maximum absolute atomic E-state index is 12.5. The van der Waals surface area contributed by atoms with Gasteiger partial charge in [0.25, 0.3) is 0 Å². The van der Waals surface area contributed by atoms with Crippen LogP contribution in [0.1, 0.15) is 26.7 Å². The molecule has 0 rings (SSSR count). The van der Waals surface area contributed by atoms with Gasteiger partial charge in [0.05, 0.1) is 0 Å². The van der Waals surface area contributed by atoms with Crippen molar-refractivity contribution in [2.75, 3.05) is 0 Å². The van der Waals surface area contributed by atoms with E-state index in [9.17, 15) is 8.78 Å².